The van der Waals surface area contributed by atoms with E-state index >= 15 is 0 Å². The lowest BCUT2D eigenvalue weighted by molar-refractivity contribution is 0.354. The fourth-order valence-corrected chi connectivity index (χ4v) is 3.42. The highest BCUT2D eigenvalue weighted by atomic mass is 32.2. The Bertz CT molecular complexity index is 122. The zero-order chi connectivity index (χ0) is 7.57. The molecular weight excluding hydrogens is 154 g/mol. The van der Waals surface area contributed by atoms with Gasteiger partial charge in [-0.05, 0) is 18.6 Å². The Morgan fingerprint density at radius 2 is 1.82 bits per heavy atom. The molecule has 0 bridgehead atoms. The van der Waals surface area contributed by atoms with Crippen LogP contribution in [0.3, 0.4) is 0 Å². The van der Waals surface area contributed by atoms with Gasteiger partial charge < -0.3 is 5.32 Å². The Hall–Kier alpha value is 0.310. The first kappa shape index (κ1) is 7.93. The van der Waals surface area contributed by atoms with E-state index in [9.17, 15) is 0 Å². The van der Waals surface area contributed by atoms with Crippen molar-refractivity contribution < 1.29 is 0 Å². The Kier molecular flexibility index (Phi) is 2.42. The van der Waals surface area contributed by atoms with Crippen LogP contribution < -0.4 is 5.32 Å². The van der Waals surface area contributed by atoms with E-state index in [1.54, 1.807) is 0 Å². The van der Waals surface area contributed by atoms with Crippen molar-refractivity contribution in [1.29, 1.82) is 0 Å². The van der Waals surface area contributed by atoms with Gasteiger partial charge in [-0.15, -0.1) is 0 Å². The molecule has 1 spiro atoms. The molecule has 0 saturated carbocycles. The van der Waals surface area contributed by atoms with Crippen molar-refractivity contribution in [3.63, 3.8) is 0 Å². The summed E-state index contributed by atoms with van der Waals surface area (Å²) in [5.74, 6) is 1.40. The lowest BCUT2D eigenvalue weighted by Crippen LogP contribution is -2.57. The van der Waals surface area contributed by atoms with Crippen molar-refractivity contribution in [2.45, 2.75) is 36.9 Å². The molecule has 11 heavy (non-hydrogen) atoms. The first-order chi connectivity index (χ1) is 5.41. The fourth-order valence-electron chi connectivity index (χ4n) is 1.95. The molecule has 0 aromatic rings. The second-order valence-corrected chi connectivity index (χ2v) is 5.36. The maximum atomic E-state index is 3.40. The molecule has 64 valence electrons. The molecule has 2 aliphatic heterocycles. The molecule has 1 nitrogen and oxygen atoms in total. The van der Waals surface area contributed by atoms with Gasteiger partial charge >= 0.3 is 0 Å². The summed E-state index contributed by atoms with van der Waals surface area (Å²) in [6, 6.07) is 0. The van der Waals surface area contributed by atoms with Crippen LogP contribution in [0.25, 0.3) is 0 Å². The molecular formula is C9H17NS. The van der Waals surface area contributed by atoms with Crippen LogP contribution in [0.2, 0.25) is 0 Å². The van der Waals surface area contributed by atoms with E-state index < -0.39 is 0 Å². The Morgan fingerprint density at radius 1 is 1.00 bits per heavy atom. The Balaban J connectivity index is 1.86. The summed E-state index contributed by atoms with van der Waals surface area (Å²) in [5.41, 5.74) is 0. The number of hydrogen-bond donors (Lipinski definition) is 1. The molecule has 0 amide bonds. The highest BCUT2D eigenvalue weighted by Crippen LogP contribution is 2.37. The zero-order valence-electron chi connectivity index (χ0n) is 7.07. The van der Waals surface area contributed by atoms with Gasteiger partial charge in [0.1, 0.15) is 0 Å². The predicted octanol–water partition coefficient (Wildman–Crippen LogP) is 2.03. The van der Waals surface area contributed by atoms with Gasteiger partial charge in [0.2, 0.25) is 0 Å². The minimum absolute atomic E-state index is 0.681. The van der Waals surface area contributed by atoms with Crippen molar-refractivity contribution in [2.75, 3.05) is 18.8 Å². The molecule has 2 heterocycles. The van der Waals surface area contributed by atoms with Gasteiger partial charge in [-0.3, -0.25) is 0 Å². The third kappa shape index (κ3) is 1.73. The minimum Gasteiger partial charge on any atom is -0.314 e. The highest BCUT2D eigenvalue weighted by Gasteiger charge is 2.36. The molecule has 2 rings (SSSR count). The van der Waals surface area contributed by atoms with Crippen LogP contribution >= 0.6 is 11.8 Å². The monoisotopic (exact) mass is 171 g/mol. The lowest BCUT2D eigenvalue weighted by atomic mass is 9.94. The van der Waals surface area contributed by atoms with Crippen molar-refractivity contribution in [3.05, 3.63) is 0 Å². The number of thioether (sulfide) groups is 1. The third-order valence-corrected chi connectivity index (χ3v) is 4.43. The quantitative estimate of drug-likeness (QED) is 0.598. The van der Waals surface area contributed by atoms with Crippen LogP contribution in [0.4, 0.5) is 0 Å². The standard InChI is InChI=1S/C9H17NS/c1-2-4-6-11-9(5-3-1)7-10-8-9/h10H,1-8H2. The summed E-state index contributed by atoms with van der Waals surface area (Å²) in [4.78, 5) is 0. The number of hydrogen-bond acceptors (Lipinski definition) is 2. The van der Waals surface area contributed by atoms with E-state index in [0.717, 1.165) is 0 Å². The van der Waals surface area contributed by atoms with E-state index in [1.807, 2.05) is 0 Å². The highest BCUT2D eigenvalue weighted by molar-refractivity contribution is 8.00. The van der Waals surface area contributed by atoms with Crippen molar-refractivity contribution in [1.82, 2.24) is 5.32 Å². The number of nitrogens with one attached hydrogen (secondary N) is 1. The second kappa shape index (κ2) is 3.36. The van der Waals surface area contributed by atoms with Gasteiger partial charge in [0.05, 0.1) is 0 Å². The molecule has 2 saturated heterocycles. The summed E-state index contributed by atoms with van der Waals surface area (Å²) in [6.07, 6.45) is 7.32. The summed E-state index contributed by atoms with van der Waals surface area (Å²) in [7, 11) is 0. The molecule has 2 fully saturated rings. The van der Waals surface area contributed by atoms with E-state index in [1.165, 1.54) is 50.9 Å². The van der Waals surface area contributed by atoms with E-state index in [0.29, 0.717) is 4.75 Å². The predicted molar refractivity (Wildman–Crippen MR) is 51.1 cm³/mol. The molecule has 0 aliphatic carbocycles. The summed E-state index contributed by atoms with van der Waals surface area (Å²) < 4.78 is 0.681. The maximum Gasteiger partial charge on any atom is 0.0408 e. The van der Waals surface area contributed by atoms with Crippen LogP contribution in [-0.2, 0) is 0 Å². The first-order valence-electron chi connectivity index (χ1n) is 4.76. The zero-order valence-corrected chi connectivity index (χ0v) is 7.88. The largest absolute Gasteiger partial charge is 0.314 e. The summed E-state index contributed by atoms with van der Waals surface area (Å²) in [5, 5.41) is 3.40. The van der Waals surface area contributed by atoms with E-state index in [2.05, 4.69) is 17.1 Å². The SMILES string of the molecule is C1CCCC2(CNC2)SCC1. The number of rotatable bonds is 0. The van der Waals surface area contributed by atoms with Gasteiger partial charge in [-0.25, -0.2) is 0 Å². The molecule has 0 aromatic carbocycles. The Labute approximate surface area is 73.3 Å². The van der Waals surface area contributed by atoms with Gasteiger partial charge in [0.25, 0.3) is 0 Å². The normalized spacial score (nSPS) is 30.5. The molecule has 0 unspecified atom stereocenters. The average Bonchev–Trinajstić information content (AvgIpc) is 1.82. The van der Waals surface area contributed by atoms with Crippen LogP contribution in [0.15, 0.2) is 0 Å². The van der Waals surface area contributed by atoms with Gasteiger partial charge in [-0.1, -0.05) is 19.3 Å². The van der Waals surface area contributed by atoms with E-state index in [4.69, 9.17) is 0 Å². The molecule has 1 N–H and O–H groups in total. The maximum absolute atomic E-state index is 3.40. The fraction of sp³-hybridized carbons (Fsp3) is 1.00. The molecule has 2 aliphatic rings. The molecule has 2 heteroatoms. The summed E-state index contributed by atoms with van der Waals surface area (Å²) >= 11 is 2.22. The van der Waals surface area contributed by atoms with Gasteiger partial charge in [-0.2, -0.15) is 11.8 Å². The van der Waals surface area contributed by atoms with Gasteiger partial charge in [0, 0.05) is 17.8 Å². The van der Waals surface area contributed by atoms with Crippen molar-refractivity contribution in [3.8, 4) is 0 Å². The first-order valence-corrected chi connectivity index (χ1v) is 5.75. The second-order valence-electron chi connectivity index (χ2n) is 3.80. The smallest absolute Gasteiger partial charge is 0.0408 e. The van der Waals surface area contributed by atoms with Crippen molar-refractivity contribution in [2.24, 2.45) is 0 Å². The Morgan fingerprint density at radius 3 is 2.55 bits per heavy atom. The van der Waals surface area contributed by atoms with Crippen LogP contribution in [-0.4, -0.2) is 23.6 Å². The molecule has 0 atom stereocenters. The van der Waals surface area contributed by atoms with Crippen LogP contribution in [0.5, 0.6) is 0 Å². The topological polar surface area (TPSA) is 12.0 Å². The molecule has 0 aromatic heterocycles. The molecule has 0 radical (unpaired) electrons. The lowest BCUT2D eigenvalue weighted by Gasteiger charge is -2.43. The third-order valence-electron chi connectivity index (χ3n) is 2.83. The van der Waals surface area contributed by atoms with Crippen LogP contribution in [0, 0.1) is 0 Å². The average molecular weight is 171 g/mol. The van der Waals surface area contributed by atoms with E-state index in [-0.39, 0.29) is 0 Å². The van der Waals surface area contributed by atoms with Crippen molar-refractivity contribution >= 4 is 11.8 Å². The minimum atomic E-state index is 0.681. The van der Waals surface area contributed by atoms with Crippen LogP contribution in [0.1, 0.15) is 32.1 Å². The van der Waals surface area contributed by atoms with Gasteiger partial charge in [0.15, 0.2) is 0 Å². The summed E-state index contributed by atoms with van der Waals surface area (Å²) in [6.45, 7) is 2.55.